The van der Waals surface area contributed by atoms with Crippen molar-refractivity contribution in [2.24, 2.45) is 0 Å². The van der Waals surface area contributed by atoms with Gasteiger partial charge in [0.05, 0.1) is 8.46 Å². The topological polar surface area (TPSA) is 54.4 Å². The number of carbonyl (C=O) groups is 1. The van der Waals surface area contributed by atoms with E-state index in [9.17, 15) is 14.5 Å². The van der Waals surface area contributed by atoms with Crippen molar-refractivity contribution in [1.82, 2.24) is 0 Å². The van der Waals surface area contributed by atoms with E-state index in [1.807, 2.05) is 0 Å². The normalized spacial score (nSPS) is 11.8. The molecule has 0 aliphatic carbocycles. The van der Waals surface area contributed by atoms with Crippen molar-refractivity contribution in [3.63, 3.8) is 0 Å². The number of rotatable bonds is 4. The van der Waals surface area contributed by atoms with Gasteiger partial charge in [-0.05, 0) is 11.1 Å². The Bertz CT molecular complexity index is 512. The van der Waals surface area contributed by atoms with E-state index in [0.29, 0.717) is 11.1 Å². The van der Waals surface area contributed by atoms with Crippen molar-refractivity contribution in [2.45, 2.75) is 5.16 Å². The van der Waals surface area contributed by atoms with E-state index in [1.165, 1.54) is 0 Å². The predicted octanol–water partition coefficient (Wildman–Crippen LogP) is 2.77. The van der Waals surface area contributed by atoms with Crippen LogP contribution in [0, 0.1) is 0 Å². The Morgan fingerprint density at radius 2 is 1.28 bits per heavy atom. The molecule has 0 saturated heterocycles. The predicted molar refractivity (Wildman–Crippen MR) is 71.7 cm³/mol. The Morgan fingerprint density at radius 3 is 1.56 bits per heavy atom. The highest BCUT2D eigenvalue weighted by molar-refractivity contribution is 7.27. The number of benzene rings is 2. The molecule has 1 unspecified atom stereocenters. The summed E-state index contributed by atoms with van der Waals surface area (Å²) in [6, 6.07) is 17.4. The summed E-state index contributed by atoms with van der Waals surface area (Å²) in [5.74, 6) is -1.08. The molecule has 0 fully saturated rings. The molecule has 3 nitrogen and oxygen atoms in total. The summed E-state index contributed by atoms with van der Waals surface area (Å²) in [4.78, 5) is 11.7. The largest absolute Gasteiger partial charge is 0.480 e. The summed E-state index contributed by atoms with van der Waals surface area (Å²) in [6.45, 7) is 0. The van der Waals surface area contributed by atoms with Crippen molar-refractivity contribution in [1.29, 1.82) is 0 Å². The number of aliphatic carboxylic acids is 1. The lowest BCUT2D eigenvalue weighted by Crippen LogP contribution is -2.31. The van der Waals surface area contributed by atoms with Crippen molar-refractivity contribution in [2.75, 3.05) is 0 Å². The third-order valence-corrected chi connectivity index (χ3v) is 4.24. The van der Waals surface area contributed by atoms with Crippen LogP contribution in [0.1, 0.15) is 11.1 Å². The molecule has 1 atom stereocenters. The second kappa shape index (κ2) is 5.19. The molecule has 0 amide bonds. The molecule has 0 bridgehead atoms. The highest BCUT2D eigenvalue weighted by Gasteiger charge is 2.41. The van der Waals surface area contributed by atoms with E-state index in [4.69, 9.17) is 0 Å². The third kappa shape index (κ3) is 1.98. The molecule has 4 heteroatoms. The maximum absolute atomic E-state index is 11.7. The van der Waals surface area contributed by atoms with Gasteiger partial charge in [-0.1, -0.05) is 60.7 Å². The van der Waals surface area contributed by atoms with Gasteiger partial charge in [-0.3, -0.25) is 4.79 Å². The summed E-state index contributed by atoms with van der Waals surface area (Å²) >= 11 is 0. The average molecular weight is 260 g/mol. The minimum Gasteiger partial charge on any atom is -0.480 e. The van der Waals surface area contributed by atoms with Crippen LogP contribution < -0.4 is 0 Å². The zero-order valence-electron chi connectivity index (χ0n) is 9.61. The summed E-state index contributed by atoms with van der Waals surface area (Å²) in [5.41, 5.74) is 1.10. The van der Waals surface area contributed by atoms with Crippen LogP contribution in [0.5, 0.6) is 0 Å². The van der Waals surface area contributed by atoms with Crippen molar-refractivity contribution in [3.8, 4) is 0 Å². The van der Waals surface area contributed by atoms with E-state index >= 15 is 0 Å². The summed E-state index contributed by atoms with van der Waals surface area (Å²) in [7, 11) is -1.53. The first-order valence-electron chi connectivity index (χ1n) is 5.52. The van der Waals surface area contributed by atoms with Crippen LogP contribution >= 0.6 is 8.46 Å². The Kier molecular flexibility index (Phi) is 3.63. The Hall–Kier alpha value is -1.86. The molecule has 1 N–H and O–H groups in total. The van der Waals surface area contributed by atoms with Crippen LogP contribution in [-0.4, -0.2) is 11.1 Å². The molecule has 2 rings (SSSR count). The molecule has 0 aromatic heterocycles. The van der Waals surface area contributed by atoms with E-state index in [0.717, 1.165) is 0 Å². The lowest BCUT2D eigenvalue weighted by molar-refractivity contribution is -0.139. The maximum atomic E-state index is 11.7. The molecule has 0 aliphatic rings. The Morgan fingerprint density at radius 1 is 0.889 bits per heavy atom. The van der Waals surface area contributed by atoms with Gasteiger partial charge in [0.2, 0.25) is 0 Å². The summed E-state index contributed by atoms with van der Waals surface area (Å²) in [6.07, 6.45) is 0. The molecule has 0 radical (unpaired) electrons. The number of hydrogen-bond acceptors (Lipinski definition) is 2. The average Bonchev–Trinajstić information content (AvgIpc) is 2.42. The zero-order valence-corrected chi connectivity index (χ0v) is 10.8. The quantitative estimate of drug-likeness (QED) is 0.860. The molecular formula is C14H13O3P. The first-order valence-corrected chi connectivity index (χ1v) is 6.57. The van der Waals surface area contributed by atoms with E-state index in [2.05, 4.69) is 0 Å². The highest BCUT2D eigenvalue weighted by Crippen LogP contribution is 2.42. The van der Waals surface area contributed by atoms with E-state index in [1.54, 1.807) is 60.7 Å². The molecular weight excluding hydrogens is 247 g/mol. The smallest absolute Gasteiger partial charge is 0.325 e. The fourth-order valence-corrected chi connectivity index (χ4v) is 2.76. The fourth-order valence-electron chi connectivity index (χ4n) is 2.00. The molecule has 0 aliphatic heterocycles. The Balaban J connectivity index is 2.69. The van der Waals surface area contributed by atoms with Crippen LogP contribution in [0.25, 0.3) is 0 Å². The monoisotopic (exact) mass is 260 g/mol. The minimum absolute atomic E-state index is 0.550. The number of carboxylic acid groups (broad SMARTS) is 1. The first kappa shape index (κ1) is 12.6. The van der Waals surface area contributed by atoms with Gasteiger partial charge in [-0.2, -0.15) is 0 Å². The first-order chi connectivity index (χ1) is 8.71. The van der Waals surface area contributed by atoms with E-state index in [-0.39, 0.29) is 0 Å². The molecule has 2 aromatic carbocycles. The van der Waals surface area contributed by atoms with Gasteiger partial charge in [0.1, 0.15) is 0 Å². The van der Waals surface area contributed by atoms with Crippen molar-refractivity contribution >= 4 is 14.4 Å². The van der Waals surface area contributed by atoms with Gasteiger partial charge < -0.3 is 9.67 Å². The third-order valence-electron chi connectivity index (χ3n) is 2.97. The maximum Gasteiger partial charge on any atom is 0.325 e. The zero-order chi connectivity index (χ0) is 13.0. The minimum atomic E-state index is -1.53. The van der Waals surface area contributed by atoms with Gasteiger partial charge in [-0.15, -0.1) is 0 Å². The lowest BCUT2D eigenvalue weighted by atomic mass is 9.90. The van der Waals surface area contributed by atoms with Crippen LogP contribution in [0.4, 0.5) is 0 Å². The molecule has 0 spiro atoms. The van der Waals surface area contributed by atoms with Gasteiger partial charge >= 0.3 is 5.97 Å². The molecule has 0 saturated carbocycles. The van der Waals surface area contributed by atoms with Crippen molar-refractivity contribution < 1.29 is 14.5 Å². The second-order valence-electron chi connectivity index (χ2n) is 3.96. The number of carboxylic acids is 1. The van der Waals surface area contributed by atoms with Crippen LogP contribution in [0.15, 0.2) is 60.7 Å². The standard InChI is InChI=1S/C14H13O3P/c15-13(16)14(18-17,11-7-3-1-4-8-11)12-9-5-2-6-10-12/h1-10H,18H2,(H,15,16). The second-order valence-corrected chi connectivity index (χ2v) is 5.06. The van der Waals surface area contributed by atoms with Gasteiger partial charge in [0.25, 0.3) is 0 Å². The summed E-state index contributed by atoms with van der Waals surface area (Å²) in [5, 5.41) is 8.12. The highest BCUT2D eigenvalue weighted by atomic mass is 31.1. The number of hydrogen-bond donors (Lipinski definition) is 1. The SMILES string of the molecule is O=[PH2]C(C(=O)O)(c1ccccc1)c1ccccc1. The van der Waals surface area contributed by atoms with Gasteiger partial charge in [-0.25, -0.2) is 0 Å². The van der Waals surface area contributed by atoms with Crippen LogP contribution in [0.2, 0.25) is 0 Å². The van der Waals surface area contributed by atoms with Gasteiger partial charge in [0, 0.05) is 0 Å². The van der Waals surface area contributed by atoms with Gasteiger partial charge in [0.15, 0.2) is 5.16 Å². The van der Waals surface area contributed by atoms with Crippen LogP contribution in [-0.2, 0) is 14.5 Å². The van der Waals surface area contributed by atoms with Crippen LogP contribution in [0.3, 0.4) is 0 Å². The molecule has 92 valence electrons. The lowest BCUT2D eigenvalue weighted by Gasteiger charge is -2.24. The van der Waals surface area contributed by atoms with E-state index < -0.39 is 19.6 Å². The molecule has 0 heterocycles. The van der Waals surface area contributed by atoms with Crippen molar-refractivity contribution in [3.05, 3.63) is 71.8 Å². The molecule has 18 heavy (non-hydrogen) atoms. The summed E-state index contributed by atoms with van der Waals surface area (Å²) < 4.78 is 11.7. The molecule has 2 aromatic rings. The fraction of sp³-hybridized carbons (Fsp3) is 0.0714. The Labute approximate surface area is 106 Å².